The molecule has 1 aromatic carbocycles. The standard InChI is InChI=1S/C13H14F4N2O2/c14-9-2-1-8(10(5-9)13(15,16)17)6-19-12(20)11-7-21-4-3-18-11/h1-2,5,11,18H,3-4,6-7H2,(H,19,20). The lowest BCUT2D eigenvalue weighted by molar-refractivity contribution is -0.138. The summed E-state index contributed by atoms with van der Waals surface area (Å²) in [6.07, 6.45) is -4.67. The minimum Gasteiger partial charge on any atom is -0.378 e. The van der Waals surface area contributed by atoms with Crippen molar-refractivity contribution >= 4 is 5.91 Å². The van der Waals surface area contributed by atoms with E-state index in [2.05, 4.69) is 10.6 Å². The van der Waals surface area contributed by atoms with Crippen molar-refractivity contribution in [2.24, 2.45) is 0 Å². The van der Waals surface area contributed by atoms with E-state index < -0.39 is 29.5 Å². The van der Waals surface area contributed by atoms with Crippen LogP contribution in [0.25, 0.3) is 0 Å². The van der Waals surface area contributed by atoms with E-state index in [0.717, 1.165) is 12.1 Å². The van der Waals surface area contributed by atoms with Gasteiger partial charge in [-0.25, -0.2) is 4.39 Å². The third-order valence-electron chi connectivity index (χ3n) is 3.07. The number of halogens is 4. The van der Waals surface area contributed by atoms with Gasteiger partial charge in [0.2, 0.25) is 5.91 Å². The van der Waals surface area contributed by atoms with Crippen LogP contribution in [-0.4, -0.2) is 31.7 Å². The first-order valence-electron chi connectivity index (χ1n) is 6.32. The summed E-state index contributed by atoms with van der Waals surface area (Å²) in [4.78, 5) is 11.8. The molecule has 4 nitrogen and oxygen atoms in total. The second-order valence-electron chi connectivity index (χ2n) is 4.60. The molecular weight excluding hydrogens is 292 g/mol. The number of amides is 1. The summed E-state index contributed by atoms with van der Waals surface area (Å²) < 4.78 is 56.4. The lowest BCUT2D eigenvalue weighted by Gasteiger charge is -2.23. The molecule has 1 heterocycles. The summed E-state index contributed by atoms with van der Waals surface area (Å²) in [5.74, 6) is -1.42. The van der Waals surface area contributed by atoms with E-state index in [1.165, 1.54) is 0 Å². The van der Waals surface area contributed by atoms with Gasteiger partial charge in [0.05, 0.1) is 18.8 Å². The zero-order valence-electron chi connectivity index (χ0n) is 11.0. The van der Waals surface area contributed by atoms with Crippen LogP contribution < -0.4 is 10.6 Å². The summed E-state index contributed by atoms with van der Waals surface area (Å²) in [6, 6.07) is 1.78. The van der Waals surface area contributed by atoms with Crippen molar-refractivity contribution in [2.75, 3.05) is 19.8 Å². The molecule has 1 saturated heterocycles. The number of carbonyl (C=O) groups is 1. The Hall–Kier alpha value is -1.67. The van der Waals surface area contributed by atoms with Crippen LogP contribution in [-0.2, 0) is 22.3 Å². The van der Waals surface area contributed by atoms with Crippen LogP contribution in [0.5, 0.6) is 0 Å². The summed E-state index contributed by atoms with van der Waals surface area (Å²) in [7, 11) is 0. The molecule has 0 spiro atoms. The van der Waals surface area contributed by atoms with Crippen LogP contribution in [0, 0.1) is 5.82 Å². The van der Waals surface area contributed by atoms with Gasteiger partial charge in [0, 0.05) is 13.1 Å². The van der Waals surface area contributed by atoms with Crippen molar-refractivity contribution in [1.82, 2.24) is 10.6 Å². The lowest BCUT2D eigenvalue weighted by Crippen LogP contribution is -2.51. The highest BCUT2D eigenvalue weighted by molar-refractivity contribution is 5.82. The first-order chi connectivity index (χ1) is 9.88. The lowest BCUT2D eigenvalue weighted by atomic mass is 10.1. The largest absolute Gasteiger partial charge is 0.416 e. The molecule has 1 atom stereocenters. The second kappa shape index (κ2) is 6.40. The average Bonchev–Trinajstić information content (AvgIpc) is 2.45. The highest BCUT2D eigenvalue weighted by Gasteiger charge is 2.34. The van der Waals surface area contributed by atoms with E-state index in [1.54, 1.807) is 0 Å². The van der Waals surface area contributed by atoms with Crippen molar-refractivity contribution in [1.29, 1.82) is 0 Å². The highest BCUT2D eigenvalue weighted by atomic mass is 19.4. The monoisotopic (exact) mass is 306 g/mol. The Morgan fingerprint density at radius 3 is 2.81 bits per heavy atom. The molecule has 2 N–H and O–H groups in total. The molecule has 1 aliphatic rings. The molecule has 0 radical (unpaired) electrons. The minimum absolute atomic E-state index is 0.168. The number of benzene rings is 1. The second-order valence-corrected chi connectivity index (χ2v) is 4.60. The van der Waals surface area contributed by atoms with Crippen LogP contribution in [0.2, 0.25) is 0 Å². The number of rotatable bonds is 3. The molecule has 2 rings (SSSR count). The summed E-state index contributed by atoms with van der Waals surface area (Å²) in [5.41, 5.74) is -1.27. The molecule has 21 heavy (non-hydrogen) atoms. The van der Waals surface area contributed by atoms with Crippen LogP contribution >= 0.6 is 0 Å². The number of morpholine rings is 1. The number of hydrogen-bond acceptors (Lipinski definition) is 3. The molecule has 1 fully saturated rings. The number of nitrogens with one attached hydrogen (secondary N) is 2. The van der Waals surface area contributed by atoms with Gasteiger partial charge in [-0.3, -0.25) is 4.79 Å². The smallest absolute Gasteiger partial charge is 0.378 e. The third-order valence-corrected chi connectivity index (χ3v) is 3.07. The van der Waals surface area contributed by atoms with Crippen molar-refractivity contribution < 1.29 is 27.1 Å². The number of ether oxygens (including phenoxy) is 1. The van der Waals surface area contributed by atoms with E-state index in [4.69, 9.17) is 4.74 Å². The van der Waals surface area contributed by atoms with Crippen LogP contribution in [0.1, 0.15) is 11.1 Å². The molecule has 1 aliphatic heterocycles. The summed E-state index contributed by atoms with van der Waals surface area (Å²) in [6.45, 7) is 0.829. The maximum atomic E-state index is 13.0. The third kappa shape index (κ3) is 4.15. The maximum absolute atomic E-state index is 13.0. The topological polar surface area (TPSA) is 50.4 Å². The summed E-state index contributed by atoms with van der Waals surface area (Å²) in [5, 5.41) is 5.29. The van der Waals surface area contributed by atoms with E-state index in [0.29, 0.717) is 19.2 Å². The highest BCUT2D eigenvalue weighted by Crippen LogP contribution is 2.32. The summed E-state index contributed by atoms with van der Waals surface area (Å²) >= 11 is 0. The SMILES string of the molecule is O=C(NCc1ccc(F)cc1C(F)(F)F)C1COCCN1. The Bertz CT molecular complexity index is 513. The maximum Gasteiger partial charge on any atom is 0.416 e. The Morgan fingerprint density at radius 1 is 1.43 bits per heavy atom. The van der Waals surface area contributed by atoms with Crippen LogP contribution in [0.4, 0.5) is 17.6 Å². The Labute approximate surface area is 118 Å². The Kier molecular flexibility index (Phi) is 4.79. The zero-order valence-corrected chi connectivity index (χ0v) is 11.0. The van der Waals surface area contributed by atoms with E-state index in [9.17, 15) is 22.4 Å². The van der Waals surface area contributed by atoms with Crippen molar-refractivity contribution in [3.8, 4) is 0 Å². The number of carbonyl (C=O) groups excluding carboxylic acids is 1. The number of hydrogen-bond donors (Lipinski definition) is 2. The molecule has 1 unspecified atom stereocenters. The van der Waals surface area contributed by atoms with Gasteiger partial charge >= 0.3 is 6.18 Å². The molecule has 8 heteroatoms. The van der Waals surface area contributed by atoms with E-state index in [1.807, 2.05) is 0 Å². The van der Waals surface area contributed by atoms with Crippen molar-refractivity contribution in [3.05, 3.63) is 35.1 Å². The first kappa shape index (κ1) is 15.7. The van der Waals surface area contributed by atoms with Gasteiger partial charge < -0.3 is 15.4 Å². The van der Waals surface area contributed by atoms with Crippen LogP contribution in [0.3, 0.4) is 0 Å². The normalized spacial score (nSPS) is 19.3. The van der Waals surface area contributed by atoms with Crippen molar-refractivity contribution in [2.45, 2.75) is 18.8 Å². The first-order valence-corrected chi connectivity index (χ1v) is 6.32. The van der Waals surface area contributed by atoms with Gasteiger partial charge in [-0.15, -0.1) is 0 Å². The fourth-order valence-corrected chi connectivity index (χ4v) is 2.01. The molecule has 0 bridgehead atoms. The quantitative estimate of drug-likeness (QED) is 0.831. The predicted octanol–water partition coefficient (Wildman–Crippen LogP) is 1.45. The molecule has 0 saturated carbocycles. The average molecular weight is 306 g/mol. The van der Waals surface area contributed by atoms with Gasteiger partial charge in [0.25, 0.3) is 0 Å². The molecule has 0 aliphatic carbocycles. The van der Waals surface area contributed by atoms with Gasteiger partial charge in [0.15, 0.2) is 0 Å². The molecule has 116 valence electrons. The van der Waals surface area contributed by atoms with E-state index in [-0.39, 0.29) is 18.7 Å². The zero-order chi connectivity index (χ0) is 15.5. The molecule has 1 amide bonds. The van der Waals surface area contributed by atoms with Gasteiger partial charge in [0.1, 0.15) is 11.9 Å². The van der Waals surface area contributed by atoms with Gasteiger partial charge in [-0.1, -0.05) is 6.07 Å². The molecular formula is C13H14F4N2O2. The Balaban J connectivity index is 2.04. The van der Waals surface area contributed by atoms with Gasteiger partial charge in [-0.2, -0.15) is 13.2 Å². The number of alkyl halides is 3. The molecule has 0 aromatic heterocycles. The Morgan fingerprint density at radius 2 is 2.19 bits per heavy atom. The van der Waals surface area contributed by atoms with Crippen molar-refractivity contribution in [3.63, 3.8) is 0 Å². The van der Waals surface area contributed by atoms with E-state index >= 15 is 0 Å². The molecule has 1 aromatic rings. The fourth-order valence-electron chi connectivity index (χ4n) is 2.01. The minimum atomic E-state index is -4.67. The van der Waals surface area contributed by atoms with Crippen LogP contribution in [0.15, 0.2) is 18.2 Å². The predicted molar refractivity (Wildman–Crippen MR) is 65.9 cm³/mol. The fraction of sp³-hybridized carbons (Fsp3) is 0.462. The van der Waals surface area contributed by atoms with Gasteiger partial charge in [-0.05, 0) is 17.7 Å².